The number of aromatic nitrogens is 3. The monoisotopic (exact) mass is 523 g/mol. The van der Waals surface area contributed by atoms with Crippen LogP contribution in [0.4, 0.5) is 8.78 Å². The zero-order valence-corrected chi connectivity index (χ0v) is 21.1. The fraction of sp³-hybridized carbons (Fsp3) is 0.259. The van der Waals surface area contributed by atoms with Crippen molar-refractivity contribution in [1.82, 2.24) is 19.9 Å². The third-order valence-corrected chi connectivity index (χ3v) is 6.16. The molecule has 0 saturated carbocycles. The van der Waals surface area contributed by atoms with Crippen molar-refractivity contribution in [2.24, 2.45) is 5.73 Å². The molecule has 0 fully saturated rings. The highest BCUT2D eigenvalue weighted by atomic mass is 19.1. The van der Waals surface area contributed by atoms with Gasteiger partial charge in [0.05, 0.1) is 34.1 Å². The van der Waals surface area contributed by atoms with Crippen LogP contribution in [-0.2, 0) is 13.0 Å². The van der Waals surface area contributed by atoms with Crippen molar-refractivity contribution in [3.63, 3.8) is 0 Å². The van der Waals surface area contributed by atoms with Crippen molar-refractivity contribution >= 4 is 17.4 Å². The van der Waals surface area contributed by atoms with Gasteiger partial charge in [0.15, 0.2) is 5.69 Å². The first-order valence-electron chi connectivity index (χ1n) is 11.9. The molecule has 11 heteroatoms. The summed E-state index contributed by atoms with van der Waals surface area (Å²) in [6.45, 7) is 4.86. The number of rotatable bonds is 9. The Bertz CT molecular complexity index is 1520. The molecule has 4 rings (SSSR count). The van der Waals surface area contributed by atoms with E-state index in [0.717, 1.165) is 17.7 Å². The molecule has 4 N–H and O–H groups in total. The van der Waals surface area contributed by atoms with E-state index in [4.69, 9.17) is 10.5 Å². The zero-order valence-electron chi connectivity index (χ0n) is 21.1. The maximum absolute atomic E-state index is 14.1. The number of pyridine rings is 2. The van der Waals surface area contributed by atoms with E-state index in [2.05, 4.69) is 15.4 Å². The minimum absolute atomic E-state index is 0.0247. The summed E-state index contributed by atoms with van der Waals surface area (Å²) < 4.78 is 35.3. The summed E-state index contributed by atoms with van der Waals surface area (Å²) in [6, 6.07) is 9.49. The van der Waals surface area contributed by atoms with E-state index in [1.807, 2.05) is 6.92 Å². The minimum Gasteiger partial charge on any atom is -0.477 e. The quantitative estimate of drug-likeness (QED) is 0.303. The summed E-state index contributed by atoms with van der Waals surface area (Å²) in [6.07, 6.45) is 0.490. The van der Waals surface area contributed by atoms with E-state index in [1.54, 1.807) is 38.1 Å². The van der Waals surface area contributed by atoms with Gasteiger partial charge in [0, 0.05) is 12.6 Å². The number of carboxylic acid groups (broad SMARTS) is 1. The lowest BCUT2D eigenvalue weighted by Gasteiger charge is -2.18. The lowest BCUT2D eigenvalue weighted by atomic mass is 10.1. The average molecular weight is 524 g/mol. The molecule has 0 saturated heterocycles. The van der Waals surface area contributed by atoms with Gasteiger partial charge in [0.2, 0.25) is 5.88 Å². The summed E-state index contributed by atoms with van der Waals surface area (Å²) >= 11 is 0. The van der Waals surface area contributed by atoms with Crippen LogP contribution in [0.5, 0.6) is 5.88 Å². The molecule has 0 aliphatic heterocycles. The standard InChI is InChI=1S/C27H27F2N5O4/c1-4-16-8-9-20(31-25(16)27(36)37)21(12-30)32-26(35)24-15(3)33-34-22(24)10-14(2)11-23(34)38-13-17-18(28)6-5-7-19(17)29/h5-11,21H,4,12-13,30H2,1-3H3,(H,32,35)(H,36,37). The highest BCUT2D eigenvalue weighted by Crippen LogP contribution is 2.25. The van der Waals surface area contributed by atoms with Gasteiger partial charge >= 0.3 is 5.97 Å². The van der Waals surface area contributed by atoms with Gasteiger partial charge in [-0.15, -0.1) is 0 Å². The van der Waals surface area contributed by atoms with Gasteiger partial charge in [-0.05, 0) is 55.7 Å². The van der Waals surface area contributed by atoms with Crippen LogP contribution in [0.15, 0.2) is 42.5 Å². The van der Waals surface area contributed by atoms with Crippen LogP contribution in [0.25, 0.3) is 5.52 Å². The van der Waals surface area contributed by atoms with Gasteiger partial charge in [-0.3, -0.25) is 4.79 Å². The normalized spacial score (nSPS) is 11.9. The largest absolute Gasteiger partial charge is 0.477 e. The summed E-state index contributed by atoms with van der Waals surface area (Å²) in [5.74, 6) is -2.93. The topological polar surface area (TPSA) is 132 Å². The number of hydrogen-bond donors (Lipinski definition) is 3. The van der Waals surface area contributed by atoms with Crippen LogP contribution >= 0.6 is 0 Å². The van der Waals surface area contributed by atoms with Crippen LogP contribution in [0.3, 0.4) is 0 Å². The summed E-state index contributed by atoms with van der Waals surface area (Å²) in [4.78, 5) is 29.3. The number of amides is 1. The Balaban J connectivity index is 1.65. The Kier molecular flexibility index (Phi) is 7.67. The van der Waals surface area contributed by atoms with Gasteiger partial charge in [-0.25, -0.2) is 18.6 Å². The fourth-order valence-electron chi connectivity index (χ4n) is 4.21. The highest BCUT2D eigenvalue weighted by molar-refractivity contribution is 6.02. The van der Waals surface area contributed by atoms with Crippen molar-refractivity contribution in [3.8, 4) is 5.88 Å². The number of nitrogens with one attached hydrogen (secondary N) is 1. The van der Waals surface area contributed by atoms with Crippen LogP contribution in [0.2, 0.25) is 0 Å². The number of aryl methyl sites for hydroxylation is 3. The minimum atomic E-state index is -1.16. The van der Waals surface area contributed by atoms with Crippen molar-refractivity contribution < 1.29 is 28.2 Å². The molecule has 1 aromatic carbocycles. The van der Waals surface area contributed by atoms with Crippen LogP contribution in [-0.4, -0.2) is 38.1 Å². The number of ether oxygens (including phenoxy) is 1. The molecule has 9 nitrogen and oxygen atoms in total. The molecule has 38 heavy (non-hydrogen) atoms. The first-order chi connectivity index (χ1) is 18.1. The van der Waals surface area contributed by atoms with Crippen LogP contribution < -0.4 is 15.8 Å². The SMILES string of the molecule is CCc1ccc(C(CN)NC(=O)c2c(C)nn3c(OCc4c(F)cccc4F)cc(C)cc23)nc1C(=O)O. The van der Waals surface area contributed by atoms with Crippen molar-refractivity contribution in [2.75, 3.05) is 6.54 Å². The molecule has 3 heterocycles. The number of fused-ring (bicyclic) bond motifs is 1. The second kappa shape index (κ2) is 10.9. The molecule has 1 amide bonds. The second-order valence-corrected chi connectivity index (χ2v) is 8.78. The zero-order chi connectivity index (χ0) is 27.6. The first-order valence-corrected chi connectivity index (χ1v) is 11.9. The van der Waals surface area contributed by atoms with Crippen LogP contribution in [0.1, 0.15) is 61.9 Å². The third-order valence-electron chi connectivity index (χ3n) is 6.16. The number of carbonyl (C=O) groups is 2. The molecule has 0 spiro atoms. The lowest BCUT2D eigenvalue weighted by molar-refractivity contribution is 0.0688. The second-order valence-electron chi connectivity index (χ2n) is 8.78. The predicted octanol–water partition coefficient (Wildman–Crippen LogP) is 3.89. The number of aromatic carboxylic acids is 1. The molecular weight excluding hydrogens is 496 g/mol. The Labute approximate surface area is 217 Å². The number of benzene rings is 1. The third kappa shape index (κ3) is 5.18. The lowest BCUT2D eigenvalue weighted by Crippen LogP contribution is -2.34. The van der Waals surface area contributed by atoms with Gasteiger partial charge in [0.25, 0.3) is 5.91 Å². The number of nitrogens with zero attached hydrogens (tertiary/aromatic N) is 3. The summed E-state index contributed by atoms with van der Waals surface area (Å²) in [5, 5.41) is 16.8. The average Bonchev–Trinajstić information content (AvgIpc) is 3.22. The molecule has 198 valence electrons. The van der Waals surface area contributed by atoms with E-state index < -0.39 is 29.6 Å². The fourth-order valence-corrected chi connectivity index (χ4v) is 4.21. The van der Waals surface area contributed by atoms with Gasteiger partial charge in [-0.2, -0.15) is 9.61 Å². The first kappa shape index (κ1) is 26.7. The Morgan fingerprint density at radius 3 is 2.50 bits per heavy atom. The number of carbonyl (C=O) groups excluding carboxylic acids is 1. The number of hydrogen-bond acceptors (Lipinski definition) is 6. The van der Waals surface area contributed by atoms with Crippen molar-refractivity contribution in [2.45, 2.75) is 39.8 Å². The maximum atomic E-state index is 14.1. The van der Waals surface area contributed by atoms with Gasteiger partial charge < -0.3 is 20.9 Å². The molecule has 1 atom stereocenters. The summed E-state index contributed by atoms with van der Waals surface area (Å²) in [7, 11) is 0. The molecule has 3 aromatic heterocycles. The van der Waals surface area contributed by atoms with Crippen molar-refractivity contribution in [3.05, 3.63) is 93.4 Å². The molecule has 0 aliphatic carbocycles. The molecule has 4 aromatic rings. The number of nitrogens with two attached hydrogens (primary N) is 1. The smallest absolute Gasteiger partial charge is 0.354 e. The van der Waals surface area contributed by atoms with E-state index in [0.29, 0.717) is 28.9 Å². The Morgan fingerprint density at radius 1 is 1.16 bits per heavy atom. The highest BCUT2D eigenvalue weighted by Gasteiger charge is 2.24. The number of carboxylic acids is 1. The van der Waals surface area contributed by atoms with E-state index in [1.165, 1.54) is 10.6 Å². The van der Waals surface area contributed by atoms with E-state index >= 15 is 0 Å². The van der Waals surface area contributed by atoms with E-state index in [9.17, 15) is 23.5 Å². The molecular formula is C27H27F2N5O4. The summed E-state index contributed by atoms with van der Waals surface area (Å²) in [5.41, 5.74) is 8.26. The van der Waals surface area contributed by atoms with Gasteiger partial charge in [-0.1, -0.05) is 19.1 Å². The Morgan fingerprint density at radius 2 is 1.87 bits per heavy atom. The van der Waals surface area contributed by atoms with Gasteiger partial charge in [0.1, 0.15) is 18.2 Å². The predicted molar refractivity (Wildman–Crippen MR) is 135 cm³/mol. The molecule has 1 unspecified atom stereocenters. The molecule has 0 radical (unpaired) electrons. The maximum Gasteiger partial charge on any atom is 0.354 e. The van der Waals surface area contributed by atoms with E-state index in [-0.39, 0.29) is 35.9 Å². The molecule has 0 aliphatic rings. The van der Waals surface area contributed by atoms with Crippen molar-refractivity contribution in [1.29, 1.82) is 0 Å². The number of halogens is 2. The van der Waals surface area contributed by atoms with Crippen LogP contribution in [0, 0.1) is 25.5 Å². The molecule has 0 bridgehead atoms. The Hall–Kier alpha value is -4.38.